The van der Waals surface area contributed by atoms with Crippen molar-refractivity contribution in [2.45, 2.75) is 0 Å². The van der Waals surface area contributed by atoms with Crippen LogP contribution in [0.5, 0.6) is 5.75 Å². The summed E-state index contributed by atoms with van der Waals surface area (Å²) in [6.07, 6.45) is 0. The molecule has 3 aromatic rings. The van der Waals surface area contributed by atoms with Crippen LogP contribution in [0.1, 0.15) is 5.56 Å². The van der Waals surface area contributed by atoms with Gasteiger partial charge < -0.3 is 4.74 Å². The first-order valence-electron chi connectivity index (χ1n) is 6.47. The number of ether oxygens (including phenoxy) is 1. The number of rotatable bonds is 2. The second kappa shape index (κ2) is 5.63. The van der Waals surface area contributed by atoms with Crippen molar-refractivity contribution < 1.29 is 9.13 Å². The Bertz CT molecular complexity index is 918. The summed E-state index contributed by atoms with van der Waals surface area (Å²) in [7, 11) is 1.55. The lowest BCUT2D eigenvalue weighted by Crippen LogP contribution is -1.94. The molecule has 0 aliphatic heterocycles. The number of hydrogen-bond donors (Lipinski definition) is 0. The molecule has 0 N–H and O–H groups in total. The summed E-state index contributed by atoms with van der Waals surface area (Å²) in [5.41, 5.74) is 1.95. The highest BCUT2D eigenvalue weighted by molar-refractivity contribution is 6.31. The fourth-order valence-corrected chi connectivity index (χ4v) is 2.61. The third-order valence-corrected chi connectivity index (χ3v) is 3.65. The predicted octanol–water partition coefficient (Wildman–Crippen LogP) is 4.57. The van der Waals surface area contributed by atoms with Gasteiger partial charge in [0.15, 0.2) is 0 Å². The molecule has 0 radical (unpaired) electrons. The van der Waals surface area contributed by atoms with Crippen LogP contribution in [0.2, 0.25) is 5.15 Å². The monoisotopic (exact) mass is 312 g/mol. The summed E-state index contributed by atoms with van der Waals surface area (Å²) in [6.45, 7) is 0. The maximum atomic E-state index is 13.6. The number of nitrogens with zero attached hydrogens (tertiary/aromatic N) is 2. The van der Waals surface area contributed by atoms with Crippen molar-refractivity contribution in [1.82, 2.24) is 4.98 Å². The van der Waals surface area contributed by atoms with E-state index in [0.29, 0.717) is 27.8 Å². The van der Waals surface area contributed by atoms with E-state index < -0.39 is 0 Å². The van der Waals surface area contributed by atoms with Gasteiger partial charge >= 0.3 is 0 Å². The van der Waals surface area contributed by atoms with Crippen LogP contribution in [0.4, 0.5) is 4.39 Å². The number of methoxy groups -OCH3 is 1. The molecule has 0 fully saturated rings. The van der Waals surface area contributed by atoms with Gasteiger partial charge in [0.2, 0.25) is 0 Å². The minimum absolute atomic E-state index is 0.0967. The van der Waals surface area contributed by atoms with E-state index in [2.05, 4.69) is 11.1 Å². The van der Waals surface area contributed by atoms with Gasteiger partial charge in [0, 0.05) is 10.9 Å². The van der Waals surface area contributed by atoms with E-state index in [9.17, 15) is 9.65 Å². The number of nitriles is 1. The fraction of sp³-hybridized carbons (Fsp3) is 0.0588. The Morgan fingerprint density at radius 3 is 2.73 bits per heavy atom. The lowest BCUT2D eigenvalue weighted by atomic mass is 9.96. The highest BCUT2D eigenvalue weighted by Crippen LogP contribution is 2.36. The molecule has 5 heteroatoms. The number of hydrogen-bond acceptors (Lipinski definition) is 3. The van der Waals surface area contributed by atoms with Crippen LogP contribution in [0.3, 0.4) is 0 Å². The third kappa shape index (κ3) is 2.36. The summed E-state index contributed by atoms with van der Waals surface area (Å²) in [6, 6.07) is 13.4. The first-order chi connectivity index (χ1) is 10.6. The van der Waals surface area contributed by atoms with Crippen molar-refractivity contribution in [3.8, 4) is 22.9 Å². The molecule has 0 atom stereocenters. The molecule has 0 amide bonds. The van der Waals surface area contributed by atoms with E-state index >= 15 is 0 Å². The molecule has 0 unspecified atom stereocenters. The van der Waals surface area contributed by atoms with E-state index in [0.717, 1.165) is 0 Å². The number of halogens is 2. The first kappa shape index (κ1) is 14.3. The molecule has 1 aromatic heterocycles. The summed E-state index contributed by atoms with van der Waals surface area (Å²) in [5, 5.41) is 10.2. The molecule has 1 heterocycles. The quantitative estimate of drug-likeness (QED) is 0.651. The number of pyridine rings is 1. The Balaban J connectivity index is 2.45. The fourth-order valence-electron chi connectivity index (χ4n) is 2.39. The average molecular weight is 313 g/mol. The Kier molecular flexibility index (Phi) is 3.66. The molecule has 0 spiro atoms. The van der Waals surface area contributed by atoms with Crippen molar-refractivity contribution in [3.05, 3.63) is 59.0 Å². The van der Waals surface area contributed by atoms with Crippen molar-refractivity contribution >= 4 is 22.5 Å². The van der Waals surface area contributed by atoms with Gasteiger partial charge in [-0.3, -0.25) is 0 Å². The minimum atomic E-state index is -0.384. The highest BCUT2D eigenvalue weighted by atomic mass is 35.5. The van der Waals surface area contributed by atoms with Crippen LogP contribution in [-0.2, 0) is 0 Å². The van der Waals surface area contributed by atoms with Crippen LogP contribution in [0.25, 0.3) is 22.0 Å². The molecule has 0 aliphatic rings. The standard InChI is InChI=1S/C17H10ClFN2O/c1-22-12-5-6-15-13(8-12)16(14(9-20)17(18)21-15)10-3-2-4-11(19)7-10/h2-8H,1H3. The molecular weight excluding hydrogens is 303 g/mol. The Labute approximate surface area is 131 Å². The van der Waals surface area contributed by atoms with Gasteiger partial charge in [-0.2, -0.15) is 5.26 Å². The van der Waals surface area contributed by atoms with Crippen LogP contribution in [-0.4, -0.2) is 12.1 Å². The Morgan fingerprint density at radius 2 is 2.05 bits per heavy atom. The van der Waals surface area contributed by atoms with Gasteiger partial charge in [-0.25, -0.2) is 9.37 Å². The maximum absolute atomic E-state index is 13.6. The first-order valence-corrected chi connectivity index (χ1v) is 6.85. The van der Waals surface area contributed by atoms with Gasteiger partial charge in [0.05, 0.1) is 18.2 Å². The molecular formula is C17H10ClFN2O. The SMILES string of the molecule is COc1ccc2nc(Cl)c(C#N)c(-c3cccc(F)c3)c2c1. The zero-order valence-corrected chi connectivity index (χ0v) is 12.4. The second-order valence-corrected chi connectivity index (χ2v) is 5.02. The highest BCUT2D eigenvalue weighted by Gasteiger charge is 2.16. The maximum Gasteiger partial charge on any atom is 0.148 e. The molecule has 0 bridgehead atoms. The molecule has 108 valence electrons. The van der Waals surface area contributed by atoms with Gasteiger partial charge in [-0.1, -0.05) is 23.7 Å². The van der Waals surface area contributed by atoms with Crippen LogP contribution in [0.15, 0.2) is 42.5 Å². The average Bonchev–Trinajstić information content (AvgIpc) is 2.53. The lowest BCUT2D eigenvalue weighted by molar-refractivity contribution is 0.415. The molecule has 0 aliphatic carbocycles. The molecule has 0 saturated carbocycles. The van der Waals surface area contributed by atoms with E-state index in [1.54, 1.807) is 37.4 Å². The van der Waals surface area contributed by atoms with Crippen LogP contribution in [0, 0.1) is 17.1 Å². The molecule has 3 nitrogen and oxygen atoms in total. The summed E-state index contributed by atoms with van der Waals surface area (Å²) < 4.78 is 18.8. The van der Waals surface area contributed by atoms with E-state index in [1.807, 2.05) is 0 Å². The number of benzene rings is 2. The van der Waals surface area contributed by atoms with E-state index in [1.165, 1.54) is 12.1 Å². The molecule has 2 aromatic carbocycles. The zero-order chi connectivity index (χ0) is 15.7. The second-order valence-electron chi connectivity index (χ2n) is 4.66. The smallest absolute Gasteiger partial charge is 0.148 e. The Morgan fingerprint density at radius 1 is 1.23 bits per heavy atom. The van der Waals surface area contributed by atoms with E-state index in [-0.39, 0.29) is 16.5 Å². The number of fused-ring (bicyclic) bond motifs is 1. The molecule has 0 saturated heterocycles. The van der Waals surface area contributed by atoms with Gasteiger partial charge in [0.25, 0.3) is 0 Å². The minimum Gasteiger partial charge on any atom is -0.497 e. The Hall–Kier alpha value is -2.64. The number of aromatic nitrogens is 1. The summed E-state index contributed by atoms with van der Waals surface area (Å²) >= 11 is 6.11. The van der Waals surface area contributed by atoms with Gasteiger partial charge in [-0.15, -0.1) is 0 Å². The molecule has 3 rings (SSSR count). The zero-order valence-electron chi connectivity index (χ0n) is 11.6. The summed E-state index contributed by atoms with van der Waals surface area (Å²) in [5.74, 6) is 0.239. The van der Waals surface area contributed by atoms with Gasteiger partial charge in [-0.05, 0) is 35.9 Å². The van der Waals surface area contributed by atoms with Gasteiger partial charge in [0.1, 0.15) is 22.8 Å². The molecule has 22 heavy (non-hydrogen) atoms. The van der Waals surface area contributed by atoms with Crippen molar-refractivity contribution in [2.24, 2.45) is 0 Å². The van der Waals surface area contributed by atoms with Crippen molar-refractivity contribution in [3.63, 3.8) is 0 Å². The predicted molar refractivity (Wildman–Crippen MR) is 83.4 cm³/mol. The van der Waals surface area contributed by atoms with Crippen LogP contribution < -0.4 is 4.74 Å². The lowest BCUT2D eigenvalue weighted by Gasteiger charge is -2.11. The van der Waals surface area contributed by atoms with Crippen LogP contribution >= 0.6 is 11.6 Å². The van der Waals surface area contributed by atoms with Crippen molar-refractivity contribution in [2.75, 3.05) is 7.11 Å². The van der Waals surface area contributed by atoms with E-state index in [4.69, 9.17) is 16.3 Å². The van der Waals surface area contributed by atoms with Crippen molar-refractivity contribution in [1.29, 1.82) is 5.26 Å². The summed E-state index contributed by atoms with van der Waals surface area (Å²) in [4.78, 5) is 4.22. The normalized spacial score (nSPS) is 10.5. The third-order valence-electron chi connectivity index (χ3n) is 3.37. The largest absolute Gasteiger partial charge is 0.497 e. The topological polar surface area (TPSA) is 45.9 Å².